The van der Waals surface area contributed by atoms with E-state index in [-0.39, 0.29) is 11.3 Å². The third kappa shape index (κ3) is 2.50. The van der Waals surface area contributed by atoms with Crippen LogP contribution in [-0.4, -0.2) is 22.4 Å². The van der Waals surface area contributed by atoms with Crippen molar-refractivity contribution in [2.45, 2.75) is 26.2 Å². The van der Waals surface area contributed by atoms with Gasteiger partial charge in [0, 0.05) is 6.54 Å². The van der Waals surface area contributed by atoms with Crippen LogP contribution in [0.15, 0.2) is 12.4 Å². The van der Waals surface area contributed by atoms with Crippen LogP contribution in [0.25, 0.3) is 0 Å². The van der Waals surface area contributed by atoms with E-state index < -0.39 is 0 Å². The van der Waals surface area contributed by atoms with Gasteiger partial charge in [-0.25, -0.2) is 9.97 Å². The zero-order chi connectivity index (χ0) is 11.6. The van der Waals surface area contributed by atoms with E-state index in [1.807, 2.05) is 0 Å². The highest BCUT2D eigenvalue weighted by Gasteiger charge is 2.31. The fraction of sp³-hybridized carbons (Fsp3) is 0.545. The molecule has 4 nitrogen and oxygen atoms in total. The van der Waals surface area contributed by atoms with E-state index in [2.05, 4.69) is 22.2 Å². The van der Waals surface area contributed by atoms with Crippen molar-refractivity contribution in [3.8, 4) is 0 Å². The molecule has 0 spiro atoms. The maximum Gasteiger partial charge on any atom is 0.271 e. The van der Waals surface area contributed by atoms with Gasteiger partial charge in [0.05, 0.1) is 12.4 Å². The second-order valence-corrected chi connectivity index (χ2v) is 4.96. The maximum absolute atomic E-state index is 11.7. The fourth-order valence-corrected chi connectivity index (χ4v) is 1.87. The first-order valence-electron chi connectivity index (χ1n) is 5.35. The summed E-state index contributed by atoms with van der Waals surface area (Å²) in [6.45, 7) is 2.89. The molecule has 16 heavy (non-hydrogen) atoms. The van der Waals surface area contributed by atoms with E-state index in [0.717, 1.165) is 0 Å². The highest BCUT2D eigenvalue weighted by molar-refractivity contribution is 6.29. The number of nitrogens with one attached hydrogen (secondary N) is 1. The van der Waals surface area contributed by atoms with Crippen LogP contribution in [0, 0.1) is 5.41 Å². The quantitative estimate of drug-likeness (QED) is 0.878. The summed E-state index contributed by atoms with van der Waals surface area (Å²) in [5.74, 6) is -0.183. The van der Waals surface area contributed by atoms with Gasteiger partial charge >= 0.3 is 0 Å². The van der Waals surface area contributed by atoms with Crippen LogP contribution in [0.3, 0.4) is 0 Å². The van der Waals surface area contributed by atoms with Gasteiger partial charge < -0.3 is 5.32 Å². The van der Waals surface area contributed by atoms with E-state index in [0.29, 0.717) is 17.4 Å². The molecule has 1 amide bonds. The van der Waals surface area contributed by atoms with Crippen LogP contribution in [0.2, 0.25) is 5.15 Å². The molecule has 1 aliphatic carbocycles. The predicted molar refractivity (Wildman–Crippen MR) is 61.3 cm³/mol. The molecule has 0 aliphatic heterocycles. The van der Waals surface area contributed by atoms with Crippen molar-refractivity contribution in [3.05, 3.63) is 23.2 Å². The van der Waals surface area contributed by atoms with Gasteiger partial charge in [-0.15, -0.1) is 0 Å². The molecule has 1 N–H and O–H groups in total. The average molecular weight is 240 g/mol. The summed E-state index contributed by atoms with van der Waals surface area (Å²) in [6.07, 6.45) is 6.38. The number of amides is 1. The van der Waals surface area contributed by atoms with Crippen molar-refractivity contribution in [2.75, 3.05) is 6.54 Å². The minimum atomic E-state index is -0.183. The second kappa shape index (κ2) is 4.37. The number of aromatic nitrogens is 2. The Balaban J connectivity index is 1.90. The van der Waals surface area contributed by atoms with Crippen molar-refractivity contribution in [3.63, 3.8) is 0 Å². The van der Waals surface area contributed by atoms with Crippen molar-refractivity contribution >= 4 is 17.5 Å². The molecule has 0 radical (unpaired) electrons. The number of rotatable bonds is 3. The Morgan fingerprint density at radius 3 is 2.75 bits per heavy atom. The van der Waals surface area contributed by atoms with Crippen LogP contribution in [-0.2, 0) is 0 Å². The Kier molecular flexibility index (Phi) is 3.10. The Labute approximate surface area is 99.4 Å². The summed E-state index contributed by atoms with van der Waals surface area (Å²) in [5.41, 5.74) is 0.586. The van der Waals surface area contributed by atoms with Crippen molar-refractivity contribution < 1.29 is 4.79 Å². The van der Waals surface area contributed by atoms with E-state index in [1.54, 1.807) is 0 Å². The standard InChI is InChI=1S/C11H14ClN3O/c1-11(3-2-4-11)7-15-10(16)8-5-14-9(12)6-13-8/h5-6H,2-4,7H2,1H3,(H,15,16). The van der Waals surface area contributed by atoms with Gasteiger partial charge in [0.2, 0.25) is 0 Å². The summed E-state index contributed by atoms with van der Waals surface area (Å²) in [7, 11) is 0. The Morgan fingerprint density at radius 2 is 2.25 bits per heavy atom. The van der Waals surface area contributed by atoms with Crippen LogP contribution in [0.1, 0.15) is 36.7 Å². The molecular weight excluding hydrogens is 226 g/mol. The molecule has 0 unspecified atom stereocenters. The highest BCUT2D eigenvalue weighted by Crippen LogP contribution is 2.39. The molecule has 0 atom stereocenters. The molecule has 0 saturated heterocycles. The van der Waals surface area contributed by atoms with Gasteiger partial charge in [-0.2, -0.15) is 0 Å². The normalized spacial score (nSPS) is 17.6. The van der Waals surface area contributed by atoms with Gasteiger partial charge in [-0.1, -0.05) is 24.9 Å². The molecule has 5 heteroatoms. The lowest BCUT2D eigenvalue weighted by Crippen LogP contribution is -2.40. The van der Waals surface area contributed by atoms with Gasteiger partial charge in [0.25, 0.3) is 5.91 Å². The zero-order valence-corrected chi connectivity index (χ0v) is 9.92. The average Bonchev–Trinajstić information content (AvgIpc) is 2.24. The van der Waals surface area contributed by atoms with Crippen LogP contribution in [0.4, 0.5) is 0 Å². The van der Waals surface area contributed by atoms with Gasteiger partial charge in [-0.05, 0) is 18.3 Å². The number of carbonyl (C=O) groups excluding carboxylic acids is 1. The minimum Gasteiger partial charge on any atom is -0.350 e. The number of nitrogens with zero attached hydrogens (tertiary/aromatic N) is 2. The first-order chi connectivity index (χ1) is 7.59. The Hall–Kier alpha value is -1.16. The molecular formula is C11H14ClN3O. The minimum absolute atomic E-state index is 0.183. The second-order valence-electron chi connectivity index (χ2n) is 4.57. The zero-order valence-electron chi connectivity index (χ0n) is 9.16. The van der Waals surface area contributed by atoms with Crippen LogP contribution >= 0.6 is 11.6 Å². The SMILES string of the molecule is CC1(CNC(=O)c2cnc(Cl)cn2)CCC1. The van der Waals surface area contributed by atoms with E-state index in [1.165, 1.54) is 31.7 Å². The first kappa shape index (κ1) is 11.3. The topological polar surface area (TPSA) is 54.9 Å². The summed E-state index contributed by atoms with van der Waals surface area (Å²) < 4.78 is 0. The lowest BCUT2D eigenvalue weighted by molar-refractivity contribution is 0.0885. The summed E-state index contributed by atoms with van der Waals surface area (Å²) in [4.78, 5) is 19.4. The van der Waals surface area contributed by atoms with Gasteiger partial charge in [0.1, 0.15) is 10.8 Å². The first-order valence-corrected chi connectivity index (χ1v) is 5.73. The van der Waals surface area contributed by atoms with E-state index >= 15 is 0 Å². The van der Waals surface area contributed by atoms with Crippen molar-refractivity contribution in [2.24, 2.45) is 5.41 Å². The largest absolute Gasteiger partial charge is 0.350 e. The number of hydrogen-bond acceptors (Lipinski definition) is 3. The van der Waals surface area contributed by atoms with Crippen molar-refractivity contribution in [1.82, 2.24) is 15.3 Å². The maximum atomic E-state index is 11.7. The molecule has 1 fully saturated rings. The molecule has 0 aromatic carbocycles. The van der Waals surface area contributed by atoms with E-state index in [9.17, 15) is 4.79 Å². The molecule has 1 saturated carbocycles. The van der Waals surface area contributed by atoms with Gasteiger partial charge in [0.15, 0.2) is 0 Å². The lowest BCUT2D eigenvalue weighted by atomic mass is 9.70. The molecule has 1 aromatic rings. The molecule has 1 aromatic heterocycles. The molecule has 86 valence electrons. The smallest absolute Gasteiger partial charge is 0.271 e. The number of hydrogen-bond donors (Lipinski definition) is 1. The van der Waals surface area contributed by atoms with Crippen LogP contribution in [0.5, 0.6) is 0 Å². The molecule has 2 rings (SSSR count). The predicted octanol–water partition coefficient (Wildman–Crippen LogP) is 2.05. The summed E-state index contributed by atoms with van der Waals surface area (Å²) in [5, 5.41) is 3.17. The van der Waals surface area contributed by atoms with Crippen LogP contribution < -0.4 is 5.32 Å². The highest BCUT2D eigenvalue weighted by atomic mass is 35.5. The summed E-state index contributed by atoms with van der Waals surface area (Å²) in [6, 6.07) is 0. The number of carbonyl (C=O) groups is 1. The van der Waals surface area contributed by atoms with Crippen molar-refractivity contribution in [1.29, 1.82) is 0 Å². The summed E-state index contributed by atoms with van der Waals surface area (Å²) >= 11 is 5.59. The van der Waals surface area contributed by atoms with Gasteiger partial charge in [-0.3, -0.25) is 4.79 Å². The van der Waals surface area contributed by atoms with E-state index in [4.69, 9.17) is 11.6 Å². The molecule has 0 bridgehead atoms. The number of halogens is 1. The Bertz CT molecular complexity index is 387. The lowest BCUT2D eigenvalue weighted by Gasteiger charge is -2.38. The fourth-order valence-electron chi connectivity index (χ4n) is 1.77. The molecule has 1 heterocycles. The monoisotopic (exact) mass is 239 g/mol. The third-order valence-corrected chi connectivity index (χ3v) is 3.28. The third-order valence-electron chi connectivity index (χ3n) is 3.09. The molecule has 1 aliphatic rings. The Morgan fingerprint density at radius 1 is 1.50 bits per heavy atom.